The highest BCUT2D eigenvalue weighted by molar-refractivity contribution is 7.11. The molecule has 10 heavy (non-hydrogen) atoms. The van der Waals surface area contributed by atoms with Crippen LogP contribution in [0.2, 0.25) is 0 Å². The van der Waals surface area contributed by atoms with E-state index in [9.17, 15) is 0 Å². The molecule has 0 aliphatic heterocycles. The number of aromatic nitrogens is 1. The molecule has 0 bridgehead atoms. The Morgan fingerprint density at radius 1 is 1.70 bits per heavy atom. The molecule has 0 saturated heterocycles. The van der Waals surface area contributed by atoms with Crippen molar-refractivity contribution in [1.82, 2.24) is 4.98 Å². The topological polar surface area (TPSA) is 12.9 Å². The molecule has 0 unspecified atom stereocenters. The molecule has 0 radical (unpaired) electrons. The molecule has 1 aromatic heterocycles. The summed E-state index contributed by atoms with van der Waals surface area (Å²) in [6.07, 6.45) is 4.67. The Balaban J connectivity index is 2.19. The van der Waals surface area contributed by atoms with Crippen LogP contribution in [-0.4, -0.2) is 4.98 Å². The highest BCUT2D eigenvalue weighted by atomic mass is 35.5. The van der Waals surface area contributed by atoms with Gasteiger partial charge in [0.25, 0.3) is 0 Å². The molecule has 0 N–H and O–H groups in total. The molecule has 2 rings (SSSR count). The average molecular weight is 174 g/mol. The fourth-order valence-electron chi connectivity index (χ4n) is 0.943. The summed E-state index contributed by atoms with van der Waals surface area (Å²) in [6, 6.07) is 0. The van der Waals surface area contributed by atoms with Crippen LogP contribution in [0.5, 0.6) is 0 Å². The van der Waals surface area contributed by atoms with Crippen molar-refractivity contribution < 1.29 is 0 Å². The van der Waals surface area contributed by atoms with Gasteiger partial charge in [-0.15, -0.1) is 22.9 Å². The zero-order valence-electron chi connectivity index (χ0n) is 5.51. The first-order valence-electron chi connectivity index (χ1n) is 3.40. The van der Waals surface area contributed by atoms with Crippen molar-refractivity contribution in [3.8, 4) is 0 Å². The molecule has 1 nitrogen and oxygen atoms in total. The largest absolute Gasteiger partial charge is 0.248 e. The standard InChI is InChI=1S/C7H8ClNS/c8-3-7-9-4-6(10-7)5-1-2-5/h4-5H,1-3H2. The summed E-state index contributed by atoms with van der Waals surface area (Å²) in [5, 5.41) is 1.06. The third-order valence-electron chi connectivity index (χ3n) is 1.67. The van der Waals surface area contributed by atoms with Gasteiger partial charge in [0.1, 0.15) is 5.01 Å². The molecule has 0 atom stereocenters. The predicted octanol–water partition coefficient (Wildman–Crippen LogP) is 2.76. The van der Waals surface area contributed by atoms with E-state index in [1.54, 1.807) is 11.3 Å². The smallest absolute Gasteiger partial charge is 0.108 e. The number of rotatable bonds is 2. The molecule has 54 valence electrons. The van der Waals surface area contributed by atoms with Crippen LogP contribution < -0.4 is 0 Å². The molecular weight excluding hydrogens is 166 g/mol. The van der Waals surface area contributed by atoms with E-state index >= 15 is 0 Å². The van der Waals surface area contributed by atoms with E-state index in [0.717, 1.165) is 10.9 Å². The number of halogens is 1. The van der Waals surface area contributed by atoms with Crippen molar-refractivity contribution in [3.05, 3.63) is 16.1 Å². The van der Waals surface area contributed by atoms with Crippen LogP contribution in [0.15, 0.2) is 6.20 Å². The van der Waals surface area contributed by atoms with Gasteiger partial charge in [-0.3, -0.25) is 0 Å². The zero-order chi connectivity index (χ0) is 6.97. The Hall–Kier alpha value is -0.0800. The molecule has 1 aromatic rings. The lowest BCUT2D eigenvalue weighted by atomic mass is 10.4. The summed E-state index contributed by atoms with van der Waals surface area (Å²) < 4.78 is 0. The van der Waals surface area contributed by atoms with Gasteiger partial charge < -0.3 is 0 Å². The summed E-state index contributed by atoms with van der Waals surface area (Å²) in [6.45, 7) is 0. The SMILES string of the molecule is ClCc1ncc(C2CC2)s1. The third kappa shape index (κ3) is 1.18. The van der Waals surface area contributed by atoms with E-state index in [4.69, 9.17) is 11.6 Å². The van der Waals surface area contributed by atoms with Crippen molar-refractivity contribution in [2.75, 3.05) is 0 Å². The number of hydrogen-bond acceptors (Lipinski definition) is 2. The number of thiazole rings is 1. The van der Waals surface area contributed by atoms with Crippen molar-refractivity contribution >= 4 is 22.9 Å². The fraction of sp³-hybridized carbons (Fsp3) is 0.571. The maximum Gasteiger partial charge on any atom is 0.108 e. The minimum atomic E-state index is 0.567. The molecule has 1 fully saturated rings. The van der Waals surface area contributed by atoms with Crippen LogP contribution >= 0.6 is 22.9 Å². The van der Waals surface area contributed by atoms with E-state index in [-0.39, 0.29) is 0 Å². The van der Waals surface area contributed by atoms with Crippen LogP contribution in [-0.2, 0) is 5.88 Å². The quantitative estimate of drug-likeness (QED) is 0.627. The monoisotopic (exact) mass is 173 g/mol. The molecule has 0 spiro atoms. The molecule has 1 saturated carbocycles. The first kappa shape index (κ1) is 6.62. The lowest BCUT2D eigenvalue weighted by Gasteiger charge is -1.83. The maximum atomic E-state index is 5.61. The first-order chi connectivity index (χ1) is 4.90. The molecule has 0 amide bonds. The van der Waals surface area contributed by atoms with Gasteiger partial charge in [0.15, 0.2) is 0 Å². The van der Waals surface area contributed by atoms with Crippen LogP contribution in [0.1, 0.15) is 28.6 Å². The molecule has 3 heteroatoms. The summed E-state index contributed by atoms with van der Waals surface area (Å²) in [7, 11) is 0. The second-order valence-electron chi connectivity index (χ2n) is 2.56. The highest BCUT2D eigenvalue weighted by Crippen LogP contribution is 2.42. The Kier molecular flexibility index (Phi) is 1.66. The van der Waals surface area contributed by atoms with Crippen molar-refractivity contribution in [1.29, 1.82) is 0 Å². The van der Waals surface area contributed by atoms with Gasteiger partial charge >= 0.3 is 0 Å². The van der Waals surface area contributed by atoms with E-state index in [1.165, 1.54) is 17.7 Å². The maximum absolute atomic E-state index is 5.61. The van der Waals surface area contributed by atoms with Gasteiger partial charge in [0.05, 0.1) is 5.88 Å². The second-order valence-corrected chi connectivity index (χ2v) is 3.98. The van der Waals surface area contributed by atoms with E-state index in [0.29, 0.717) is 5.88 Å². The predicted molar refractivity (Wildman–Crippen MR) is 43.6 cm³/mol. The number of nitrogens with zero attached hydrogens (tertiary/aromatic N) is 1. The van der Waals surface area contributed by atoms with Crippen LogP contribution in [0.25, 0.3) is 0 Å². The van der Waals surface area contributed by atoms with E-state index < -0.39 is 0 Å². The van der Waals surface area contributed by atoms with Gasteiger partial charge in [0.2, 0.25) is 0 Å². The van der Waals surface area contributed by atoms with Gasteiger partial charge in [-0.2, -0.15) is 0 Å². The lowest BCUT2D eigenvalue weighted by molar-refractivity contribution is 1.15. The summed E-state index contributed by atoms with van der Waals surface area (Å²) in [5.41, 5.74) is 0. The van der Waals surface area contributed by atoms with Gasteiger partial charge in [-0.25, -0.2) is 4.98 Å². The molecular formula is C7H8ClNS. The Bertz CT molecular complexity index is 229. The van der Waals surface area contributed by atoms with Gasteiger partial charge in [-0.1, -0.05) is 0 Å². The third-order valence-corrected chi connectivity index (χ3v) is 3.24. The Morgan fingerprint density at radius 3 is 3.00 bits per heavy atom. The first-order valence-corrected chi connectivity index (χ1v) is 4.76. The Morgan fingerprint density at radius 2 is 2.50 bits per heavy atom. The lowest BCUT2D eigenvalue weighted by Crippen LogP contribution is -1.67. The summed E-state index contributed by atoms with van der Waals surface area (Å²) in [5.74, 6) is 1.40. The second kappa shape index (κ2) is 2.51. The molecule has 1 heterocycles. The van der Waals surface area contributed by atoms with Crippen molar-refractivity contribution in [2.24, 2.45) is 0 Å². The molecule has 1 aliphatic carbocycles. The van der Waals surface area contributed by atoms with Gasteiger partial charge in [-0.05, 0) is 18.8 Å². The fourth-order valence-corrected chi connectivity index (χ4v) is 2.12. The Labute approximate surface area is 69.0 Å². The van der Waals surface area contributed by atoms with Gasteiger partial charge in [0, 0.05) is 11.1 Å². The molecule has 0 aromatic carbocycles. The van der Waals surface area contributed by atoms with Crippen molar-refractivity contribution in [3.63, 3.8) is 0 Å². The van der Waals surface area contributed by atoms with Crippen LogP contribution in [0.4, 0.5) is 0 Å². The number of hydrogen-bond donors (Lipinski definition) is 0. The highest BCUT2D eigenvalue weighted by Gasteiger charge is 2.25. The number of alkyl halides is 1. The minimum Gasteiger partial charge on any atom is -0.248 e. The summed E-state index contributed by atoms with van der Waals surface area (Å²) in [4.78, 5) is 5.61. The van der Waals surface area contributed by atoms with Crippen LogP contribution in [0, 0.1) is 0 Å². The average Bonchev–Trinajstić information content (AvgIpc) is 2.70. The van der Waals surface area contributed by atoms with E-state index in [2.05, 4.69) is 4.98 Å². The van der Waals surface area contributed by atoms with E-state index in [1.807, 2.05) is 6.20 Å². The molecule has 1 aliphatic rings. The zero-order valence-corrected chi connectivity index (χ0v) is 7.08. The van der Waals surface area contributed by atoms with Crippen LogP contribution in [0.3, 0.4) is 0 Å². The van der Waals surface area contributed by atoms with Crippen molar-refractivity contribution in [2.45, 2.75) is 24.6 Å². The minimum absolute atomic E-state index is 0.567. The summed E-state index contributed by atoms with van der Waals surface area (Å²) >= 11 is 7.37. The normalized spacial score (nSPS) is 17.7.